The minimum Gasteiger partial charge on any atom is -0.493 e. The van der Waals surface area contributed by atoms with Gasteiger partial charge in [0.15, 0.2) is 17.5 Å². The fraction of sp³-hybridized carbons (Fsp3) is 0.500. The number of hydrogen-bond donors (Lipinski definition) is 2. The van der Waals surface area contributed by atoms with E-state index in [1.165, 1.54) is 19.3 Å². The lowest BCUT2D eigenvalue weighted by Gasteiger charge is -2.33. The van der Waals surface area contributed by atoms with Crippen molar-refractivity contribution in [3.05, 3.63) is 47.9 Å². The molecule has 1 aromatic carbocycles. The van der Waals surface area contributed by atoms with Gasteiger partial charge in [0.25, 0.3) is 0 Å². The second-order valence-electron chi connectivity index (χ2n) is 7.12. The average molecular weight is 528 g/mol. The number of furan rings is 1. The number of likely N-dealkylation sites (tertiary alicyclic amines) is 1. The summed E-state index contributed by atoms with van der Waals surface area (Å²) in [7, 11) is 5.07. The number of nitrogens with one attached hydrogen (secondary N) is 2. The normalized spacial score (nSPS) is 15.8. The summed E-state index contributed by atoms with van der Waals surface area (Å²) in [5, 5.41) is 6.83. The Hall–Kier alpha value is -1.94. The molecular weight excluding hydrogens is 495 g/mol. The molecule has 2 heterocycles. The van der Waals surface area contributed by atoms with Crippen molar-refractivity contribution in [2.45, 2.75) is 31.8 Å². The average Bonchev–Trinajstić information content (AvgIpc) is 3.31. The largest absolute Gasteiger partial charge is 0.493 e. The first-order valence-electron chi connectivity index (χ1n) is 10.2. The fourth-order valence-electron chi connectivity index (χ4n) is 3.71. The molecule has 0 saturated carbocycles. The SMILES string of the molecule is CN=C(NCc1ccc(OC)c(OC)c1)NCC(c1ccco1)N1CCCCC1.I. The highest BCUT2D eigenvalue weighted by Gasteiger charge is 2.24. The molecule has 1 fully saturated rings. The smallest absolute Gasteiger partial charge is 0.191 e. The summed E-state index contributed by atoms with van der Waals surface area (Å²) < 4.78 is 16.4. The lowest BCUT2D eigenvalue weighted by atomic mass is 10.1. The molecule has 7 nitrogen and oxygen atoms in total. The Morgan fingerprint density at radius 3 is 2.50 bits per heavy atom. The van der Waals surface area contributed by atoms with Crippen molar-refractivity contribution in [3.63, 3.8) is 0 Å². The molecule has 1 unspecified atom stereocenters. The summed E-state index contributed by atoms with van der Waals surface area (Å²) in [5.41, 5.74) is 1.09. The van der Waals surface area contributed by atoms with Gasteiger partial charge in [0.05, 0.1) is 26.5 Å². The lowest BCUT2D eigenvalue weighted by Crippen LogP contribution is -2.44. The van der Waals surface area contributed by atoms with Crippen LogP contribution >= 0.6 is 24.0 Å². The van der Waals surface area contributed by atoms with E-state index in [4.69, 9.17) is 13.9 Å². The van der Waals surface area contributed by atoms with E-state index < -0.39 is 0 Å². The summed E-state index contributed by atoms with van der Waals surface area (Å²) in [5.74, 6) is 3.20. The van der Waals surface area contributed by atoms with Crippen LogP contribution in [-0.2, 0) is 6.54 Å². The second-order valence-corrected chi connectivity index (χ2v) is 7.12. The zero-order chi connectivity index (χ0) is 20.5. The number of rotatable bonds is 8. The van der Waals surface area contributed by atoms with E-state index in [-0.39, 0.29) is 30.0 Å². The van der Waals surface area contributed by atoms with Gasteiger partial charge in [0.1, 0.15) is 5.76 Å². The Morgan fingerprint density at radius 2 is 1.87 bits per heavy atom. The number of halogens is 1. The van der Waals surface area contributed by atoms with E-state index >= 15 is 0 Å². The monoisotopic (exact) mass is 528 g/mol. The predicted octanol–water partition coefficient (Wildman–Crippen LogP) is 3.81. The Morgan fingerprint density at radius 1 is 1.10 bits per heavy atom. The summed E-state index contributed by atoms with van der Waals surface area (Å²) in [6.07, 6.45) is 5.53. The van der Waals surface area contributed by atoms with Gasteiger partial charge in [0.2, 0.25) is 0 Å². The fourth-order valence-corrected chi connectivity index (χ4v) is 3.71. The molecular formula is C22H33IN4O3. The van der Waals surface area contributed by atoms with E-state index in [2.05, 4.69) is 26.6 Å². The first-order chi connectivity index (χ1) is 14.2. The van der Waals surface area contributed by atoms with Gasteiger partial charge >= 0.3 is 0 Å². The van der Waals surface area contributed by atoms with E-state index in [1.54, 1.807) is 27.5 Å². The number of methoxy groups -OCH3 is 2. The number of hydrogen-bond acceptors (Lipinski definition) is 5. The molecule has 166 valence electrons. The Labute approximate surface area is 196 Å². The van der Waals surface area contributed by atoms with Crippen LogP contribution < -0.4 is 20.1 Å². The van der Waals surface area contributed by atoms with Crippen molar-refractivity contribution < 1.29 is 13.9 Å². The Bertz CT molecular complexity index is 777. The maximum Gasteiger partial charge on any atom is 0.191 e. The number of guanidine groups is 1. The molecule has 8 heteroatoms. The van der Waals surface area contributed by atoms with Crippen molar-refractivity contribution >= 4 is 29.9 Å². The number of benzene rings is 1. The van der Waals surface area contributed by atoms with E-state index in [9.17, 15) is 0 Å². The molecule has 2 aromatic rings. The topological polar surface area (TPSA) is 71.3 Å². The molecule has 0 aliphatic carbocycles. The highest BCUT2D eigenvalue weighted by atomic mass is 127. The van der Waals surface area contributed by atoms with Crippen molar-refractivity contribution in [2.24, 2.45) is 4.99 Å². The van der Waals surface area contributed by atoms with Crippen LogP contribution in [-0.4, -0.2) is 51.8 Å². The molecule has 2 N–H and O–H groups in total. The Kier molecular flexibility index (Phi) is 10.3. The van der Waals surface area contributed by atoms with Gasteiger partial charge in [-0.05, 0) is 55.8 Å². The molecule has 1 aromatic heterocycles. The van der Waals surface area contributed by atoms with Gasteiger partial charge in [-0.2, -0.15) is 0 Å². The van der Waals surface area contributed by atoms with Crippen molar-refractivity contribution in [1.29, 1.82) is 0 Å². The van der Waals surface area contributed by atoms with Crippen LogP contribution in [0, 0.1) is 0 Å². The van der Waals surface area contributed by atoms with E-state index in [0.29, 0.717) is 6.54 Å². The summed E-state index contributed by atoms with van der Waals surface area (Å²) in [4.78, 5) is 6.86. The minimum atomic E-state index is 0. The summed E-state index contributed by atoms with van der Waals surface area (Å²) in [6, 6.07) is 10.1. The molecule has 3 rings (SSSR count). The standard InChI is InChI=1S/C22H32N4O3.HI/c1-23-22(24-15-17-9-10-20(27-2)21(14-17)28-3)25-16-18(19-8-7-13-29-19)26-11-5-4-6-12-26;/h7-10,13-14,18H,4-6,11-12,15-16H2,1-3H3,(H2,23,24,25);1H. The quantitative estimate of drug-likeness (QED) is 0.309. The molecule has 30 heavy (non-hydrogen) atoms. The maximum absolute atomic E-state index is 5.72. The number of nitrogens with zero attached hydrogens (tertiary/aromatic N) is 2. The molecule has 1 aliphatic heterocycles. The third kappa shape index (κ3) is 6.53. The number of aliphatic imine (C=N–C) groups is 1. The summed E-state index contributed by atoms with van der Waals surface area (Å²) >= 11 is 0. The lowest BCUT2D eigenvalue weighted by molar-refractivity contribution is 0.146. The zero-order valence-electron chi connectivity index (χ0n) is 18.0. The predicted molar refractivity (Wildman–Crippen MR) is 130 cm³/mol. The number of ether oxygens (including phenoxy) is 2. The first-order valence-corrected chi connectivity index (χ1v) is 10.2. The van der Waals surface area contributed by atoms with Gasteiger partial charge in [-0.25, -0.2) is 0 Å². The molecule has 1 saturated heterocycles. The molecule has 0 spiro atoms. The highest BCUT2D eigenvalue weighted by molar-refractivity contribution is 14.0. The third-order valence-corrected chi connectivity index (χ3v) is 5.30. The molecule has 0 amide bonds. The maximum atomic E-state index is 5.72. The Balaban J connectivity index is 0.00000320. The van der Waals surface area contributed by atoms with Crippen LogP contribution in [0.5, 0.6) is 11.5 Å². The third-order valence-electron chi connectivity index (χ3n) is 5.30. The van der Waals surface area contributed by atoms with Crippen molar-refractivity contribution in [1.82, 2.24) is 15.5 Å². The van der Waals surface area contributed by atoms with Crippen molar-refractivity contribution in [3.8, 4) is 11.5 Å². The van der Waals surface area contributed by atoms with Crippen LogP contribution in [0.4, 0.5) is 0 Å². The minimum absolute atomic E-state index is 0. The van der Waals surface area contributed by atoms with E-state index in [0.717, 1.165) is 48.4 Å². The van der Waals surface area contributed by atoms with Gasteiger partial charge in [-0.1, -0.05) is 12.5 Å². The second kappa shape index (κ2) is 12.7. The van der Waals surface area contributed by atoms with Crippen LogP contribution in [0.2, 0.25) is 0 Å². The van der Waals surface area contributed by atoms with Crippen molar-refractivity contribution in [2.75, 3.05) is 40.9 Å². The van der Waals surface area contributed by atoms with Crippen LogP contribution in [0.1, 0.15) is 36.6 Å². The van der Waals surface area contributed by atoms with Gasteiger partial charge in [-0.3, -0.25) is 9.89 Å². The van der Waals surface area contributed by atoms with Crippen LogP contribution in [0.15, 0.2) is 46.0 Å². The molecule has 0 radical (unpaired) electrons. The molecule has 0 bridgehead atoms. The first kappa shape index (κ1) is 24.3. The summed E-state index contributed by atoms with van der Waals surface area (Å²) in [6.45, 7) is 3.57. The van der Waals surface area contributed by atoms with E-state index in [1.807, 2.05) is 24.3 Å². The zero-order valence-corrected chi connectivity index (χ0v) is 20.3. The van der Waals surface area contributed by atoms with Crippen LogP contribution in [0.25, 0.3) is 0 Å². The van der Waals surface area contributed by atoms with Gasteiger partial charge in [0, 0.05) is 20.1 Å². The molecule has 1 atom stereocenters. The van der Waals surface area contributed by atoms with Gasteiger partial charge in [-0.15, -0.1) is 24.0 Å². The van der Waals surface area contributed by atoms with Gasteiger partial charge < -0.3 is 24.5 Å². The molecule has 1 aliphatic rings. The van der Waals surface area contributed by atoms with Crippen LogP contribution in [0.3, 0.4) is 0 Å². The number of piperidine rings is 1. The highest BCUT2D eigenvalue weighted by Crippen LogP contribution is 2.27.